The maximum Gasteiger partial charge on any atom is 0.350 e. The second-order valence-corrected chi connectivity index (χ2v) is 6.76. The van der Waals surface area contributed by atoms with Crippen LogP contribution in [0, 0.1) is 12.8 Å². The van der Waals surface area contributed by atoms with Gasteiger partial charge in [0.05, 0.1) is 5.92 Å². The van der Waals surface area contributed by atoms with Crippen LogP contribution in [0.1, 0.15) is 36.8 Å². The molecule has 1 saturated heterocycles. The van der Waals surface area contributed by atoms with Gasteiger partial charge in [0, 0.05) is 24.7 Å². The molecule has 1 aliphatic carbocycles. The Morgan fingerprint density at radius 2 is 1.92 bits per heavy atom. The summed E-state index contributed by atoms with van der Waals surface area (Å²) < 4.78 is 29.3. The van der Waals surface area contributed by atoms with Crippen molar-refractivity contribution in [1.29, 1.82) is 0 Å². The lowest BCUT2D eigenvalue weighted by Gasteiger charge is -2.34. The molecular formula is C18H22F2N2O2. The maximum atomic E-state index is 14.7. The van der Waals surface area contributed by atoms with E-state index >= 15 is 0 Å². The Kier molecular flexibility index (Phi) is 4.56. The number of hydrogen-bond donors (Lipinski definition) is 1. The number of likely N-dealkylation sites (tertiary alicyclic amines) is 1. The van der Waals surface area contributed by atoms with Crippen molar-refractivity contribution in [2.75, 3.05) is 13.1 Å². The molecule has 1 saturated carbocycles. The van der Waals surface area contributed by atoms with E-state index in [2.05, 4.69) is 5.32 Å². The zero-order valence-corrected chi connectivity index (χ0v) is 13.7. The van der Waals surface area contributed by atoms with Gasteiger partial charge in [-0.1, -0.05) is 24.3 Å². The number of alkyl halides is 2. The van der Waals surface area contributed by atoms with Crippen LogP contribution in [0.4, 0.5) is 8.78 Å². The van der Waals surface area contributed by atoms with E-state index in [4.69, 9.17) is 0 Å². The third kappa shape index (κ3) is 3.42. The van der Waals surface area contributed by atoms with Gasteiger partial charge in [-0.2, -0.15) is 8.78 Å². The Bertz CT molecular complexity index is 644. The van der Waals surface area contributed by atoms with Gasteiger partial charge in [0.25, 0.3) is 5.91 Å². The lowest BCUT2D eigenvalue weighted by atomic mass is 9.95. The average Bonchev–Trinajstić information content (AvgIpc) is 3.38. The van der Waals surface area contributed by atoms with Crippen molar-refractivity contribution in [3.63, 3.8) is 0 Å². The number of carbonyl (C=O) groups is 2. The monoisotopic (exact) mass is 336 g/mol. The zero-order chi connectivity index (χ0) is 17.3. The van der Waals surface area contributed by atoms with Gasteiger partial charge in [-0.3, -0.25) is 9.59 Å². The van der Waals surface area contributed by atoms with Crippen LogP contribution in [0.15, 0.2) is 24.3 Å². The number of piperidine rings is 1. The minimum Gasteiger partial charge on any atom is -0.353 e. The summed E-state index contributed by atoms with van der Waals surface area (Å²) in [7, 11) is 0. The second kappa shape index (κ2) is 6.49. The number of aryl methyl sites for hydroxylation is 1. The summed E-state index contributed by atoms with van der Waals surface area (Å²) in [6.45, 7) is 1.91. The molecule has 1 aliphatic heterocycles. The van der Waals surface area contributed by atoms with Gasteiger partial charge >= 0.3 is 5.92 Å². The van der Waals surface area contributed by atoms with Crippen molar-refractivity contribution in [3.05, 3.63) is 35.4 Å². The summed E-state index contributed by atoms with van der Waals surface area (Å²) in [5, 5.41) is 2.90. The lowest BCUT2D eigenvalue weighted by Crippen LogP contribution is -2.50. The number of nitrogens with zero attached hydrogens (tertiary/aromatic N) is 1. The van der Waals surface area contributed by atoms with Gasteiger partial charge in [-0.25, -0.2) is 0 Å². The number of rotatable bonds is 4. The molecular weight excluding hydrogens is 314 g/mol. The molecule has 1 aromatic carbocycles. The summed E-state index contributed by atoms with van der Waals surface area (Å²) in [6.07, 6.45) is 3.16. The molecule has 2 aliphatic rings. The maximum absolute atomic E-state index is 14.7. The van der Waals surface area contributed by atoms with Crippen LogP contribution in [0.2, 0.25) is 0 Å². The summed E-state index contributed by atoms with van der Waals surface area (Å²) >= 11 is 0. The lowest BCUT2D eigenvalue weighted by molar-refractivity contribution is -0.161. The Morgan fingerprint density at radius 3 is 2.58 bits per heavy atom. The highest BCUT2D eigenvalue weighted by atomic mass is 19.3. The van der Waals surface area contributed by atoms with Gasteiger partial charge in [0.1, 0.15) is 0 Å². The summed E-state index contributed by atoms with van der Waals surface area (Å²) in [4.78, 5) is 25.7. The number of hydrogen-bond acceptors (Lipinski definition) is 2. The first-order chi connectivity index (χ1) is 11.4. The van der Waals surface area contributed by atoms with Crippen molar-refractivity contribution in [2.45, 2.75) is 44.6 Å². The van der Waals surface area contributed by atoms with Crippen molar-refractivity contribution in [1.82, 2.24) is 10.2 Å². The number of carbonyl (C=O) groups excluding carboxylic acids is 2. The van der Waals surface area contributed by atoms with E-state index in [1.807, 2.05) is 0 Å². The van der Waals surface area contributed by atoms with Crippen LogP contribution < -0.4 is 5.32 Å². The molecule has 6 heteroatoms. The quantitative estimate of drug-likeness (QED) is 0.919. The normalized spacial score (nSPS) is 21.5. The molecule has 0 aromatic heterocycles. The van der Waals surface area contributed by atoms with Gasteiger partial charge in [0.15, 0.2) is 0 Å². The highest BCUT2D eigenvalue weighted by molar-refractivity contribution is 5.86. The van der Waals surface area contributed by atoms with Gasteiger partial charge in [-0.15, -0.1) is 0 Å². The minimum atomic E-state index is -3.57. The third-order valence-corrected chi connectivity index (χ3v) is 4.76. The van der Waals surface area contributed by atoms with E-state index in [1.54, 1.807) is 19.1 Å². The van der Waals surface area contributed by atoms with Crippen LogP contribution in [-0.2, 0) is 15.5 Å². The second-order valence-electron chi connectivity index (χ2n) is 6.76. The first kappa shape index (κ1) is 16.9. The number of benzene rings is 1. The average molecular weight is 336 g/mol. The fraction of sp³-hybridized carbons (Fsp3) is 0.556. The third-order valence-electron chi connectivity index (χ3n) is 4.76. The molecule has 0 radical (unpaired) electrons. The van der Waals surface area contributed by atoms with Crippen LogP contribution >= 0.6 is 0 Å². The van der Waals surface area contributed by atoms with Gasteiger partial charge in [-0.05, 0) is 38.2 Å². The molecule has 4 nitrogen and oxygen atoms in total. The molecule has 1 heterocycles. The van der Waals surface area contributed by atoms with Crippen LogP contribution in [-0.4, -0.2) is 35.8 Å². The van der Waals surface area contributed by atoms with Crippen LogP contribution in [0.3, 0.4) is 0 Å². The highest BCUT2D eigenvalue weighted by Crippen LogP contribution is 2.34. The minimum absolute atomic E-state index is 0.0683. The van der Waals surface area contributed by atoms with E-state index < -0.39 is 17.7 Å². The zero-order valence-electron chi connectivity index (χ0n) is 13.7. The molecule has 2 fully saturated rings. The SMILES string of the molecule is Cc1ccccc1C(F)(F)C(=O)N1CCCC(C(=O)NC2CC2)C1. The standard InChI is InChI=1S/C18H22F2N2O2/c1-12-5-2-3-7-15(12)18(19,20)17(24)22-10-4-6-13(11-22)16(23)21-14-8-9-14/h2-3,5,7,13-14H,4,6,8-11H2,1H3,(H,21,23). The van der Waals surface area contributed by atoms with E-state index in [-0.39, 0.29) is 30.6 Å². The van der Waals surface area contributed by atoms with Crippen molar-refractivity contribution in [3.8, 4) is 0 Å². The van der Waals surface area contributed by atoms with E-state index in [9.17, 15) is 18.4 Å². The van der Waals surface area contributed by atoms with E-state index in [0.717, 1.165) is 17.7 Å². The van der Waals surface area contributed by atoms with Crippen molar-refractivity contribution >= 4 is 11.8 Å². The largest absolute Gasteiger partial charge is 0.353 e. The van der Waals surface area contributed by atoms with Crippen molar-refractivity contribution in [2.24, 2.45) is 5.92 Å². The Labute approximate surface area is 140 Å². The predicted molar refractivity (Wildman–Crippen MR) is 85.5 cm³/mol. The van der Waals surface area contributed by atoms with E-state index in [1.165, 1.54) is 12.1 Å². The van der Waals surface area contributed by atoms with Crippen LogP contribution in [0.25, 0.3) is 0 Å². The summed E-state index contributed by atoms with van der Waals surface area (Å²) in [5.41, 5.74) is 0.121. The number of halogens is 2. The Morgan fingerprint density at radius 1 is 1.21 bits per heavy atom. The first-order valence-electron chi connectivity index (χ1n) is 8.43. The molecule has 1 N–H and O–H groups in total. The fourth-order valence-corrected chi connectivity index (χ4v) is 3.16. The first-order valence-corrected chi connectivity index (χ1v) is 8.43. The smallest absolute Gasteiger partial charge is 0.350 e. The molecule has 1 aromatic rings. The molecule has 130 valence electrons. The topological polar surface area (TPSA) is 49.4 Å². The van der Waals surface area contributed by atoms with Crippen molar-refractivity contribution < 1.29 is 18.4 Å². The molecule has 2 amide bonds. The molecule has 0 spiro atoms. The molecule has 0 bridgehead atoms. The fourth-order valence-electron chi connectivity index (χ4n) is 3.16. The van der Waals surface area contributed by atoms with Crippen LogP contribution in [0.5, 0.6) is 0 Å². The molecule has 1 unspecified atom stereocenters. The van der Waals surface area contributed by atoms with Gasteiger partial charge < -0.3 is 10.2 Å². The van der Waals surface area contributed by atoms with Gasteiger partial charge in [0.2, 0.25) is 5.91 Å². The Balaban J connectivity index is 1.71. The van der Waals surface area contributed by atoms with E-state index in [0.29, 0.717) is 18.4 Å². The summed E-state index contributed by atoms with van der Waals surface area (Å²) in [5.74, 6) is -5.29. The molecule has 24 heavy (non-hydrogen) atoms. The molecule has 1 atom stereocenters. The predicted octanol–water partition coefficient (Wildman–Crippen LogP) is 2.60. The summed E-state index contributed by atoms with van der Waals surface area (Å²) in [6, 6.07) is 6.26. The number of nitrogens with one attached hydrogen (secondary N) is 1. The Hall–Kier alpha value is -1.98. The molecule has 3 rings (SSSR count). The highest BCUT2D eigenvalue weighted by Gasteiger charge is 2.46. The number of amides is 2.